The molecule has 0 saturated heterocycles. The van der Waals surface area contributed by atoms with E-state index in [0.717, 1.165) is 6.42 Å². The Balaban J connectivity index is 1.88. The molecule has 1 heterocycles. The second-order valence-corrected chi connectivity index (χ2v) is 5.87. The highest BCUT2D eigenvalue weighted by Gasteiger charge is 2.09. The van der Waals surface area contributed by atoms with Gasteiger partial charge >= 0.3 is 0 Å². The Hall–Kier alpha value is -3.00. The van der Waals surface area contributed by atoms with E-state index in [9.17, 15) is 9.50 Å². The fourth-order valence-corrected chi connectivity index (χ4v) is 2.43. The number of hydrogen-bond acceptors (Lipinski definition) is 5. The molecular formula is C18H17FN4O2S. The summed E-state index contributed by atoms with van der Waals surface area (Å²) in [7, 11) is 0. The van der Waals surface area contributed by atoms with E-state index >= 15 is 0 Å². The van der Waals surface area contributed by atoms with Crippen molar-refractivity contribution in [1.29, 1.82) is 0 Å². The SMILES string of the molecule is CCCOc1ccc(/C=N/n2c(-c3ccc(F)cc3)n[nH]c2=S)c(O)c1. The topological polar surface area (TPSA) is 75.4 Å². The van der Waals surface area contributed by atoms with Crippen LogP contribution in [-0.4, -0.2) is 32.8 Å². The van der Waals surface area contributed by atoms with Crippen molar-refractivity contribution < 1.29 is 14.2 Å². The molecule has 2 aromatic carbocycles. The Kier molecular flexibility index (Phi) is 5.43. The highest BCUT2D eigenvalue weighted by molar-refractivity contribution is 7.71. The predicted octanol–water partition coefficient (Wildman–Crippen LogP) is 4.12. The number of nitrogens with one attached hydrogen (secondary N) is 1. The van der Waals surface area contributed by atoms with Gasteiger partial charge in [0.15, 0.2) is 5.82 Å². The van der Waals surface area contributed by atoms with Gasteiger partial charge in [-0.2, -0.15) is 14.9 Å². The average Bonchev–Trinajstić information content (AvgIpc) is 3.00. The molecule has 0 saturated carbocycles. The summed E-state index contributed by atoms with van der Waals surface area (Å²) in [5.74, 6) is 0.732. The standard InChI is InChI=1S/C18H17FN4O2S/c1-2-9-25-15-8-5-13(16(24)10-15)11-20-23-17(21-22-18(23)26)12-3-6-14(19)7-4-12/h3-8,10-11,24H,2,9H2,1H3,(H,22,26)/b20-11+. The summed E-state index contributed by atoms with van der Waals surface area (Å²) in [6.45, 7) is 2.59. The van der Waals surface area contributed by atoms with Crippen LogP contribution in [0.15, 0.2) is 47.6 Å². The Labute approximate surface area is 154 Å². The molecule has 0 atom stereocenters. The summed E-state index contributed by atoms with van der Waals surface area (Å²) >= 11 is 5.19. The van der Waals surface area contributed by atoms with Crippen LogP contribution in [0.2, 0.25) is 0 Å². The van der Waals surface area contributed by atoms with Crippen molar-refractivity contribution >= 4 is 18.4 Å². The molecule has 0 aliphatic rings. The van der Waals surface area contributed by atoms with E-state index in [0.29, 0.717) is 29.3 Å². The van der Waals surface area contributed by atoms with E-state index in [4.69, 9.17) is 17.0 Å². The lowest BCUT2D eigenvalue weighted by Crippen LogP contribution is -1.97. The molecule has 0 spiro atoms. The molecule has 134 valence electrons. The van der Waals surface area contributed by atoms with Gasteiger partial charge in [-0.1, -0.05) is 6.92 Å². The molecular weight excluding hydrogens is 355 g/mol. The first kappa shape index (κ1) is 17.8. The van der Waals surface area contributed by atoms with Crippen LogP contribution >= 0.6 is 12.2 Å². The number of aromatic nitrogens is 3. The number of H-pyrrole nitrogens is 1. The van der Waals surface area contributed by atoms with Gasteiger partial charge in [0.05, 0.1) is 12.8 Å². The fraction of sp³-hybridized carbons (Fsp3) is 0.167. The lowest BCUT2D eigenvalue weighted by atomic mass is 10.2. The molecule has 0 bridgehead atoms. The van der Waals surface area contributed by atoms with Crippen LogP contribution in [0, 0.1) is 10.6 Å². The molecule has 3 aromatic rings. The molecule has 2 N–H and O–H groups in total. The van der Waals surface area contributed by atoms with E-state index < -0.39 is 0 Å². The number of benzene rings is 2. The number of rotatable bonds is 6. The van der Waals surface area contributed by atoms with Crippen LogP contribution < -0.4 is 4.74 Å². The quantitative estimate of drug-likeness (QED) is 0.504. The molecule has 6 nitrogen and oxygen atoms in total. The number of halogens is 1. The zero-order chi connectivity index (χ0) is 18.5. The number of nitrogens with zero attached hydrogens (tertiary/aromatic N) is 3. The maximum Gasteiger partial charge on any atom is 0.216 e. The van der Waals surface area contributed by atoms with Crippen molar-refractivity contribution in [1.82, 2.24) is 14.9 Å². The Morgan fingerprint density at radius 3 is 2.77 bits per heavy atom. The smallest absolute Gasteiger partial charge is 0.216 e. The fourth-order valence-electron chi connectivity index (χ4n) is 2.25. The summed E-state index contributed by atoms with van der Waals surface area (Å²) in [6, 6.07) is 10.8. The molecule has 0 unspecified atom stereocenters. The second-order valence-electron chi connectivity index (χ2n) is 5.48. The number of phenols is 1. The molecule has 1 aromatic heterocycles. The van der Waals surface area contributed by atoms with E-state index in [-0.39, 0.29) is 16.3 Å². The van der Waals surface area contributed by atoms with Gasteiger partial charge in [-0.15, -0.1) is 0 Å². The van der Waals surface area contributed by atoms with E-state index in [1.54, 1.807) is 24.3 Å². The Bertz CT molecular complexity index is 980. The van der Waals surface area contributed by atoms with E-state index in [2.05, 4.69) is 15.3 Å². The van der Waals surface area contributed by atoms with Gasteiger partial charge in [0.1, 0.15) is 17.3 Å². The van der Waals surface area contributed by atoms with Crippen LogP contribution in [-0.2, 0) is 0 Å². The highest BCUT2D eigenvalue weighted by atomic mass is 32.1. The molecule has 0 aliphatic carbocycles. The summed E-state index contributed by atoms with van der Waals surface area (Å²) in [6.07, 6.45) is 2.35. The summed E-state index contributed by atoms with van der Waals surface area (Å²) in [5.41, 5.74) is 1.16. The lowest BCUT2D eigenvalue weighted by Gasteiger charge is -2.06. The van der Waals surface area contributed by atoms with Gasteiger partial charge in [0.2, 0.25) is 4.77 Å². The minimum Gasteiger partial charge on any atom is -0.507 e. The first-order chi connectivity index (χ1) is 12.6. The van der Waals surface area contributed by atoms with Crippen LogP contribution in [0.5, 0.6) is 11.5 Å². The summed E-state index contributed by atoms with van der Waals surface area (Å²) in [4.78, 5) is 0. The zero-order valence-corrected chi connectivity index (χ0v) is 14.8. The largest absolute Gasteiger partial charge is 0.507 e. The maximum absolute atomic E-state index is 13.1. The number of ether oxygens (including phenoxy) is 1. The van der Waals surface area contributed by atoms with Gasteiger partial charge < -0.3 is 9.84 Å². The Morgan fingerprint density at radius 2 is 2.08 bits per heavy atom. The van der Waals surface area contributed by atoms with Crippen LogP contribution in [0.4, 0.5) is 4.39 Å². The molecule has 0 radical (unpaired) electrons. The maximum atomic E-state index is 13.1. The summed E-state index contributed by atoms with van der Waals surface area (Å²) in [5, 5.41) is 21.2. The van der Waals surface area contributed by atoms with E-state index in [1.165, 1.54) is 29.1 Å². The minimum absolute atomic E-state index is 0.0423. The van der Waals surface area contributed by atoms with Crippen LogP contribution in [0.3, 0.4) is 0 Å². The van der Waals surface area contributed by atoms with Gasteiger partial charge in [-0.05, 0) is 55.0 Å². The van der Waals surface area contributed by atoms with E-state index in [1.807, 2.05) is 6.92 Å². The van der Waals surface area contributed by atoms with Crippen molar-refractivity contribution in [3.63, 3.8) is 0 Å². The summed E-state index contributed by atoms with van der Waals surface area (Å²) < 4.78 is 20.3. The van der Waals surface area contributed by atoms with Crippen molar-refractivity contribution in [2.24, 2.45) is 5.10 Å². The third-order valence-corrected chi connectivity index (χ3v) is 3.80. The monoisotopic (exact) mass is 372 g/mol. The second kappa shape index (κ2) is 7.92. The third-order valence-electron chi connectivity index (χ3n) is 3.54. The molecule has 0 aliphatic heterocycles. The van der Waals surface area contributed by atoms with Crippen molar-refractivity contribution in [2.75, 3.05) is 6.61 Å². The van der Waals surface area contributed by atoms with Gasteiger partial charge in [-0.25, -0.2) is 9.49 Å². The lowest BCUT2D eigenvalue weighted by molar-refractivity contribution is 0.315. The van der Waals surface area contributed by atoms with Crippen molar-refractivity contribution in [3.05, 3.63) is 58.6 Å². The first-order valence-corrected chi connectivity index (χ1v) is 8.43. The molecule has 8 heteroatoms. The molecule has 0 fully saturated rings. The average molecular weight is 372 g/mol. The van der Waals surface area contributed by atoms with Crippen molar-refractivity contribution in [3.8, 4) is 22.9 Å². The highest BCUT2D eigenvalue weighted by Crippen LogP contribution is 2.23. The van der Waals surface area contributed by atoms with Gasteiger partial charge in [0, 0.05) is 17.2 Å². The predicted molar refractivity (Wildman–Crippen MR) is 99.7 cm³/mol. The molecule has 0 amide bonds. The Morgan fingerprint density at radius 1 is 1.31 bits per heavy atom. The third kappa shape index (κ3) is 3.97. The van der Waals surface area contributed by atoms with Gasteiger partial charge in [-0.3, -0.25) is 0 Å². The van der Waals surface area contributed by atoms with Crippen LogP contribution in [0.1, 0.15) is 18.9 Å². The normalized spacial score (nSPS) is 11.2. The van der Waals surface area contributed by atoms with Crippen molar-refractivity contribution in [2.45, 2.75) is 13.3 Å². The van der Waals surface area contributed by atoms with Gasteiger partial charge in [0.25, 0.3) is 0 Å². The minimum atomic E-state index is -0.340. The van der Waals surface area contributed by atoms with Crippen LogP contribution in [0.25, 0.3) is 11.4 Å². The zero-order valence-electron chi connectivity index (χ0n) is 14.0. The number of aromatic amines is 1. The molecule has 3 rings (SSSR count). The first-order valence-electron chi connectivity index (χ1n) is 8.02. The number of aromatic hydroxyl groups is 1. The number of hydrogen-bond donors (Lipinski definition) is 2. The molecule has 26 heavy (non-hydrogen) atoms. The number of phenolic OH excluding ortho intramolecular Hbond substituents is 1.